The van der Waals surface area contributed by atoms with Crippen molar-refractivity contribution in [3.8, 4) is 5.75 Å². The van der Waals surface area contributed by atoms with Crippen LogP contribution in [0.5, 0.6) is 5.75 Å². The summed E-state index contributed by atoms with van der Waals surface area (Å²) in [6, 6.07) is 4.59. The minimum Gasteiger partial charge on any atom is -0.400 e. The van der Waals surface area contributed by atoms with E-state index >= 15 is 0 Å². The Kier molecular flexibility index (Phi) is 11.9. The third kappa shape index (κ3) is 7.82. The second kappa shape index (κ2) is 13.5. The van der Waals surface area contributed by atoms with E-state index in [1.807, 2.05) is 6.79 Å². The molecule has 0 saturated heterocycles. The van der Waals surface area contributed by atoms with Gasteiger partial charge < -0.3 is 20.2 Å². The number of aldehydes is 1. The van der Waals surface area contributed by atoms with Gasteiger partial charge in [-0.25, -0.2) is 17.6 Å². The highest BCUT2D eigenvalue weighted by Crippen LogP contribution is 2.30. The zero-order valence-corrected chi connectivity index (χ0v) is 17.6. The summed E-state index contributed by atoms with van der Waals surface area (Å²) in [5.41, 5.74) is 2.71. The number of hydrogen-bond acceptors (Lipinski definition) is 6. The van der Waals surface area contributed by atoms with Gasteiger partial charge in [-0.2, -0.15) is 5.06 Å². The number of ketones is 1. The molecule has 0 radical (unpaired) electrons. The molecule has 0 saturated carbocycles. The van der Waals surface area contributed by atoms with E-state index < -0.39 is 46.3 Å². The van der Waals surface area contributed by atoms with E-state index in [0.717, 1.165) is 24.1 Å². The molecule has 0 atom stereocenters. The van der Waals surface area contributed by atoms with E-state index in [0.29, 0.717) is 13.2 Å². The number of nitrogens with zero attached hydrogens (tertiary/aromatic N) is 1. The van der Waals surface area contributed by atoms with Crippen LogP contribution in [-0.2, 0) is 14.4 Å². The zero-order chi connectivity index (χ0) is 25.0. The third-order valence-corrected chi connectivity index (χ3v) is 3.69. The predicted molar refractivity (Wildman–Crippen MR) is 108 cm³/mol. The monoisotopic (exact) mass is 458 g/mol. The molecule has 1 rings (SSSR count). The number of nitrogens with two attached hydrogens (primary N) is 1. The van der Waals surface area contributed by atoms with Crippen molar-refractivity contribution < 1.29 is 41.6 Å². The topological polar surface area (TPSA) is 107 Å². The Morgan fingerprint density at radius 2 is 1.56 bits per heavy atom. The number of halogens is 4. The number of benzene rings is 1. The first-order valence-electron chi connectivity index (χ1n) is 8.87. The van der Waals surface area contributed by atoms with Crippen molar-refractivity contribution in [3.05, 3.63) is 64.4 Å². The number of rotatable bonds is 9. The van der Waals surface area contributed by atoms with E-state index in [2.05, 4.69) is 0 Å². The molecule has 1 aromatic rings. The molecule has 0 aliphatic carbocycles. The number of allylic oxidation sites excluding steroid dienone is 6. The van der Waals surface area contributed by atoms with Crippen molar-refractivity contribution in [1.29, 1.82) is 0 Å². The highest BCUT2D eigenvalue weighted by molar-refractivity contribution is 6.12. The molecule has 0 spiro atoms. The highest BCUT2D eigenvalue weighted by Gasteiger charge is 2.27. The van der Waals surface area contributed by atoms with Crippen molar-refractivity contribution in [2.75, 3.05) is 7.05 Å². The predicted octanol–water partition coefficient (Wildman–Crippen LogP) is 3.97. The molecule has 0 aliphatic heterocycles. The van der Waals surface area contributed by atoms with Crippen LogP contribution < -0.4 is 10.6 Å². The maximum absolute atomic E-state index is 14.3. The van der Waals surface area contributed by atoms with Gasteiger partial charge in [-0.3, -0.25) is 9.59 Å². The van der Waals surface area contributed by atoms with Crippen molar-refractivity contribution >= 4 is 24.8 Å². The van der Waals surface area contributed by atoms with Crippen LogP contribution in [0.15, 0.2) is 58.8 Å². The van der Waals surface area contributed by atoms with Gasteiger partial charge in [0.1, 0.15) is 18.9 Å². The molecular formula is C21H22F4N2O5. The molecule has 0 fully saturated rings. The summed E-state index contributed by atoms with van der Waals surface area (Å²) in [5.74, 6) is -8.75. The van der Waals surface area contributed by atoms with Crippen LogP contribution >= 0.6 is 0 Å². The summed E-state index contributed by atoms with van der Waals surface area (Å²) < 4.78 is 55.6. The van der Waals surface area contributed by atoms with Crippen molar-refractivity contribution in [3.63, 3.8) is 0 Å². The van der Waals surface area contributed by atoms with Crippen LogP contribution in [0.2, 0.25) is 0 Å². The van der Waals surface area contributed by atoms with E-state index in [9.17, 15) is 31.9 Å². The molecule has 0 bridgehead atoms. The average Bonchev–Trinajstić information content (AvgIpc) is 2.78. The third-order valence-electron chi connectivity index (χ3n) is 3.69. The fourth-order valence-electron chi connectivity index (χ4n) is 2.11. The van der Waals surface area contributed by atoms with Crippen LogP contribution in [0.4, 0.5) is 17.6 Å². The Morgan fingerprint density at radius 1 is 1.03 bits per heavy atom. The van der Waals surface area contributed by atoms with Crippen LogP contribution in [0, 0.1) is 0 Å². The van der Waals surface area contributed by atoms with Gasteiger partial charge in [-0.1, -0.05) is 0 Å². The van der Waals surface area contributed by atoms with Gasteiger partial charge in [-0.05, 0) is 38.1 Å². The lowest BCUT2D eigenvalue weighted by atomic mass is 10.00. The van der Waals surface area contributed by atoms with Crippen molar-refractivity contribution in [1.82, 2.24) is 5.06 Å². The molecular weight excluding hydrogens is 436 g/mol. The summed E-state index contributed by atoms with van der Waals surface area (Å²) in [5, 5.41) is 0.865. The Morgan fingerprint density at radius 3 is 2.00 bits per heavy atom. The van der Waals surface area contributed by atoms with Crippen molar-refractivity contribution in [2.45, 2.75) is 26.7 Å². The summed E-state index contributed by atoms with van der Waals surface area (Å²) in [7, 11) is 1.30. The maximum Gasteiger partial charge on any atom is 0.255 e. The lowest BCUT2D eigenvalue weighted by molar-refractivity contribution is -0.153. The molecule has 1 amide bonds. The standard InChI is InChI=1S/C20H20F4N2O4.CH2O/c1-11(21)17(22)16(19(24)18(23)12(2)25)20(29)13-6-8-14(9-7-13)30-26(3)15(28)5-4-10-27;1-2/h6-10H,4-5,25H2,1-3H3;1H2/b17-11-,18-12-,19-16-;. The summed E-state index contributed by atoms with van der Waals surface area (Å²) in [4.78, 5) is 47.7. The summed E-state index contributed by atoms with van der Waals surface area (Å²) in [6.45, 7) is 3.63. The minimum absolute atomic E-state index is 0.0149. The van der Waals surface area contributed by atoms with Gasteiger partial charge in [0.2, 0.25) is 0 Å². The molecule has 7 nitrogen and oxygen atoms in total. The van der Waals surface area contributed by atoms with Crippen LogP contribution in [0.25, 0.3) is 0 Å². The molecule has 1 aromatic carbocycles. The van der Waals surface area contributed by atoms with E-state index in [1.165, 1.54) is 19.2 Å². The van der Waals surface area contributed by atoms with Gasteiger partial charge in [0, 0.05) is 31.1 Å². The Hall–Kier alpha value is -3.76. The van der Waals surface area contributed by atoms with Crippen molar-refractivity contribution in [2.24, 2.45) is 5.73 Å². The second-order valence-electron chi connectivity index (χ2n) is 6.07. The number of amides is 1. The normalized spacial score (nSPS) is 12.8. The molecule has 0 aliphatic rings. The second-order valence-corrected chi connectivity index (χ2v) is 6.07. The van der Waals surface area contributed by atoms with Gasteiger partial charge in [0.05, 0.1) is 5.57 Å². The maximum atomic E-state index is 14.3. The van der Waals surface area contributed by atoms with Gasteiger partial charge in [0.15, 0.2) is 29.0 Å². The molecule has 0 heterocycles. The molecule has 32 heavy (non-hydrogen) atoms. The average molecular weight is 458 g/mol. The zero-order valence-electron chi connectivity index (χ0n) is 17.6. The molecule has 0 unspecified atom stereocenters. The number of carbonyl (C=O) groups is 4. The number of hydroxylamine groups is 2. The molecule has 2 N–H and O–H groups in total. The highest BCUT2D eigenvalue weighted by atomic mass is 19.2. The molecule has 0 aromatic heterocycles. The van der Waals surface area contributed by atoms with Gasteiger partial charge >= 0.3 is 0 Å². The van der Waals surface area contributed by atoms with Gasteiger partial charge in [-0.15, -0.1) is 0 Å². The SMILES string of the molecule is C=O.C\C(N)=C(F)/C(F)=C(C(=O)c1ccc(ON(C)C(=O)CCC=O)cc1)\C(F)=C(/C)F. The molecule has 174 valence electrons. The summed E-state index contributed by atoms with van der Waals surface area (Å²) in [6.07, 6.45) is 0.520. The van der Waals surface area contributed by atoms with E-state index in [-0.39, 0.29) is 24.2 Å². The van der Waals surface area contributed by atoms with Crippen LogP contribution in [0.1, 0.15) is 37.0 Å². The fraction of sp³-hybridized carbons (Fsp3) is 0.238. The quantitative estimate of drug-likeness (QED) is 0.150. The lowest BCUT2D eigenvalue weighted by Gasteiger charge is -2.17. The molecule has 11 heteroatoms. The van der Waals surface area contributed by atoms with Crippen LogP contribution in [-0.4, -0.2) is 36.9 Å². The summed E-state index contributed by atoms with van der Waals surface area (Å²) >= 11 is 0. The van der Waals surface area contributed by atoms with Gasteiger partial charge in [0.25, 0.3) is 5.91 Å². The number of hydrogen-bond donors (Lipinski definition) is 1. The minimum atomic E-state index is -1.93. The van der Waals surface area contributed by atoms with Crippen LogP contribution in [0.3, 0.4) is 0 Å². The van der Waals surface area contributed by atoms with E-state index in [4.69, 9.17) is 15.4 Å². The first-order valence-corrected chi connectivity index (χ1v) is 8.87. The Labute approximate surface area is 181 Å². The Balaban J connectivity index is 0.00000466. The fourth-order valence-corrected chi connectivity index (χ4v) is 2.11. The number of carbonyl (C=O) groups excluding carboxylic acids is 4. The smallest absolute Gasteiger partial charge is 0.255 e. The number of Topliss-reactive ketones (excluding diaryl/α,β-unsaturated/α-hetero) is 1. The lowest BCUT2D eigenvalue weighted by Crippen LogP contribution is -2.29. The first-order chi connectivity index (χ1) is 15.0. The largest absolute Gasteiger partial charge is 0.400 e. The Bertz CT molecular complexity index is 932. The van der Waals surface area contributed by atoms with E-state index in [1.54, 1.807) is 0 Å². The first kappa shape index (κ1) is 28.2.